The fraction of sp³-hybridized carbons (Fsp3) is 0.600. The highest BCUT2D eigenvalue weighted by molar-refractivity contribution is 7.99. The zero-order valence-electron chi connectivity index (χ0n) is 8.35. The third kappa shape index (κ3) is 3.36. The summed E-state index contributed by atoms with van der Waals surface area (Å²) in [6, 6.07) is 3.81. The Morgan fingerprint density at radius 3 is 2.93 bits per heavy atom. The SMILES string of the molecule is CC(CO)CSC(CN)c1ccco1. The van der Waals surface area contributed by atoms with Crippen LogP contribution in [0, 0.1) is 5.92 Å². The molecular formula is C10H17NO2S. The highest BCUT2D eigenvalue weighted by Gasteiger charge is 2.14. The Morgan fingerprint density at radius 2 is 2.43 bits per heavy atom. The lowest BCUT2D eigenvalue weighted by Crippen LogP contribution is -2.12. The molecule has 0 saturated carbocycles. The third-order valence-corrected chi connectivity index (χ3v) is 3.56. The molecule has 1 aromatic heterocycles. The number of aliphatic hydroxyl groups is 1. The van der Waals surface area contributed by atoms with Gasteiger partial charge in [0.2, 0.25) is 0 Å². The second-order valence-corrected chi connectivity index (χ2v) is 4.60. The van der Waals surface area contributed by atoms with E-state index >= 15 is 0 Å². The Morgan fingerprint density at radius 1 is 1.64 bits per heavy atom. The number of aliphatic hydroxyl groups excluding tert-OH is 1. The van der Waals surface area contributed by atoms with Crippen LogP contribution in [0.2, 0.25) is 0 Å². The van der Waals surface area contributed by atoms with E-state index < -0.39 is 0 Å². The molecule has 1 rings (SSSR count). The van der Waals surface area contributed by atoms with E-state index in [1.807, 2.05) is 19.1 Å². The van der Waals surface area contributed by atoms with Crippen LogP contribution in [0.25, 0.3) is 0 Å². The van der Waals surface area contributed by atoms with Gasteiger partial charge < -0.3 is 15.3 Å². The number of furan rings is 1. The van der Waals surface area contributed by atoms with Gasteiger partial charge in [0.15, 0.2) is 0 Å². The molecule has 3 N–H and O–H groups in total. The minimum absolute atomic E-state index is 0.207. The van der Waals surface area contributed by atoms with Crippen molar-refractivity contribution in [2.24, 2.45) is 11.7 Å². The quantitative estimate of drug-likeness (QED) is 0.757. The molecular weight excluding hydrogens is 198 g/mol. The van der Waals surface area contributed by atoms with Crippen LogP contribution in [0.5, 0.6) is 0 Å². The van der Waals surface area contributed by atoms with Crippen LogP contribution in [0.3, 0.4) is 0 Å². The number of hydrogen-bond donors (Lipinski definition) is 2. The zero-order valence-corrected chi connectivity index (χ0v) is 9.17. The smallest absolute Gasteiger partial charge is 0.118 e. The van der Waals surface area contributed by atoms with Crippen LogP contribution in [0.1, 0.15) is 17.9 Å². The lowest BCUT2D eigenvalue weighted by molar-refractivity contribution is 0.250. The van der Waals surface area contributed by atoms with Crippen molar-refractivity contribution in [1.82, 2.24) is 0 Å². The predicted molar refractivity (Wildman–Crippen MR) is 59.2 cm³/mol. The van der Waals surface area contributed by atoms with Crippen LogP contribution < -0.4 is 5.73 Å². The van der Waals surface area contributed by atoms with Crippen LogP contribution in [0.15, 0.2) is 22.8 Å². The molecule has 14 heavy (non-hydrogen) atoms. The van der Waals surface area contributed by atoms with Gasteiger partial charge in [0.05, 0.1) is 11.5 Å². The fourth-order valence-corrected chi connectivity index (χ4v) is 2.17. The van der Waals surface area contributed by atoms with Crippen molar-refractivity contribution in [3.05, 3.63) is 24.2 Å². The second-order valence-electron chi connectivity index (χ2n) is 3.36. The first-order valence-electron chi connectivity index (χ1n) is 4.73. The average Bonchev–Trinajstić information content (AvgIpc) is 2.72. The fourth-order valence-electron chi connectivity index (χ4n) is 1.07. The van der Waals surface area contributed by atoms with Gasteiger partial charge in [-0.25, -0.2) is 0 Å². The monoisotopic (exact) mass is 215 g/mol. The minimum atomic E-state index is 0.207. The van der Waals surface area contributed by atoms with E-state index in [1.165, 1.54) is 0 Å². The summed E-state index contributed by atoms with van der Waals surface area (Å²) >= 11 is 1.73. The molecule has 0 bridgehead atoms. The molecule has 80 valence electrons. The Hall–Kier alpha value is -0.450. The minimum Gasteiger partial charge on any atom is -0.468 e. The normalized spacial score (nSPS) is 15.4. The first-order valence-corrected chi connectivity index (χ1v) is 5.78. The second kappa shape index (κ2) is 6.11. The topological polar surface area (TPSA) is 59.4 Å². The molecule has 4 heteroatoms. The van der Waals surface area contributed by atoms with Gasteiger partial charge >= 0.3 is 0 Å². The van der Waals surface area contributed by atoms with Gasteiger partial charge in [0.1, 0.15) is 5.76 Å². The number of rotatable bonds is 6. The van der Waals surface area contributed by atoms with E-state index in [2.05, 4.69) is 0 Å². The lowest BCUT2D eigenvalue weighted by atomic mass is 10.2. The van der Waals surface area contributed by atoms with Crippen LogP contribution in [0.4, 0.5) is 0 Å². The first kappa shape index (κ1) is 11.6. The van der Waals surface area contributed by atoms with Gasteiger partial charge in [-0.3, -0.25) is 0 Å². The highest BCUT2D eigenvalue weighted by atomic mass is 32.2. The van der Waals surface area contributed by atoms with E-state index in [0.717, 1.165) is 11.5 Å². The largest absolute Gasteiger partial charge is 0.468 e. The van der Waals surface area contributed by atoms with E-state index in [9.17, 15) is 0 Å². The summed E-state index contributed by atoms with van der Waals surface area (Å²) in [6.45, 7) is 2.81. The van der Waals surface area contributed by atoms with Gasteiger partial charge in [-0.05, 0) is 23.8 Å². The van der Waals surface area contributed by atoms with Crippen LogP contribution in [-0.4, -0.2) is 24.0 Å². The van der Waals surface area contributed by atoms with E-state index in [4.69, 9.17) is 15.3 Å². The Labute approximate surface area is 88.7 Å². The molecule has 0 aliphatic carbocycles. The lowest BCUT2D eigenvalue weighted by Gasteiger charge is -2.14. The standard InChI is InChI=1S/C10H17NO2S/c1-8(6-12)7-14-10(5-11)9-3-2-4-13-9/h2-4,8,10,12H,5-7,11H2,1H3. The van der Waals surface area contributed by atoms with Gasteiger partial charge in [-0.15, -0.1) is 11.8 Å². The Bertz CT molecular complexity index is 238. The summed E-state index contributed by atoms with van der Waals surface area (Å²) in [6.07, 6.45) is 1.66. The number of thioether (sulfide) groups is 1. The summed E-state index contributed by atoms with van der Waals surface area (Å²) in [5.41, 5.74) is 5.65. The van der Waals surface area contributed by atoms with Crippen LogP contribution in [-0.2, 0) is 0 Å². The van der Waals surface area contributed by atoms with Crippen LogP contribution >= 0.6 is 11.8 Å². The summed E-state index contributed by atoms with van der Waals surface area (Å²) in [4.78, 5) is 0. The maximum absolute atomic E-state index is 8.88. The number of nitrogens with two attached hydrogens (primary N) is 1. The Balaban J connectivity index is 2.40. The molecule has 0 aromatic carbocycles. The molecule has 2 atom stereocenters. The third-order valence-electron chi connectivity index (χ3n) is 1.97. The van der Waals surface area contributed by atoms with Gasteiger partial charge in [-0.1, -0.05) is 6.92 Å². The van der Waals surface area contributed by atoms with Crippen molar-refractivity contribution < 1.29 is 9.52 Å². The molecule has 0 amide bonds. The Kier molecular flexibility index (Phi) is 5.07. The van der Waals surface area contributed by atoms with E-state index in [1.54, 1.807) is 18.0 Å². The molecule has 1 heterocycles. The summed E-state index contributed by atoms with van der Waals surface area (Å²) < 4.78 is 5.29. The summed E-state index contributed by atoms with van der Waals surface area (Å²) in [5.74, 6) is 2.13. The van der Waals surface area contributed by atoms with Crippen molar-refractivity contribution in [3.8, 4) is 0 Å². The van der Waals surface area contributed by atoms with Crippen molar-refractivity contribution in [2.45, 2.75) is 12.2 Å². The molecule has 0 spiro atoms. The first-order chi connectivity index (χ1) is 6.77. The van der Waals surface area contributed by atoms with Crippen molar-refractivity contribution in [1.29, 1.82) is 0 Å². The van der Waals surface area contributed by atoms with Crippen molar-refractivity contribution in [3.63, 3.8) is 0 Å². The molecule has 0 aliphatic heterocycles. The maximum atomic E-state index is 8.88. The molecule has 0 saturated heterocycles. The van der Waals surface area contributed by atoms with Gasteiger partial charge in [0, 0.05) is 13.2 Å². The molecule has 0 aliphatic rings. The zero-order chi connectivity index (χ0) is 10.4. The highest BCUT2D eigenvalue weighted by Crippen LogP contribution is 2.29. The van der Waals surface area contributed by atoms with Gasteiger partial charge in [0.25, 0.3) is 0 Å². The predicted octanol–water partition coefficient (Wildman–Crippen LogP) is 1.64. The summed E-state index contributed by atoms with van der Waals surface area (Å²) in [7, 11) is 0. The molecule has 1 aromatic rings. The average molecular weight is 215 g/mol. The van der Waals surface area contributed by atoms with Crippen molar-refractivity contribution in [2.75, 3.05) is 18.9 Å². The van der Waals surface area contributed by atoms with Gasteiger partial charge in [-0.2, -0.15) is 0 Å². The number of hydrogen-bond acceptors (Lipinski definition) is 4. The van der Waals surface area contributed by atoms with E-state index in [0.29, 0.717) is 12.5 Å². The maximum Gasteiger partial charge on any atom is 0.118 e. The summed E-state index contributed by atoms with van der Waals surface area (Å²) in [5, 5.41) is 9.09. The van der Waals surface area contributed by atoms with Crippen molar-refractivity contribution >= 4 is 11.8 Å². The molecule has 2 unspecified atom stereocenters. The molecule has 0 fully saturated rings. The molecule has 3 nitrogen and oxygen atoms in total. The molecule has 0 radical (unpaired) electrons. The van der Waals surface area contributed by atoms with E-state index in [-0.39, 0.29) is 11.9 Å².